The van der Waals surface area contributed by atoms with Crippen LogP contribution in [0.25, 0.3) is 15.9 Å². The van der Waals surface area contributed by atoms with E-state index < -0.39 is 0 Å². The largest absolute Gasteiger partial charge is 0.363 e. The Morgan fingerprint density at radius 3 is 2.88 bits per heavy atom. The summed E-state index contributed by atoms with van der Waals surface area (Å²) in [5, 5.41) is 9.34. The van der Waals surface area contributed by atoms with Gasteiger partial charge in [0.25, 0.3) is 5.56 Å². The second kappa shape index (κ2) is 6.14. The summed E-state index contributed by atoms with van der Waals surface area (Å²) in [5.74, 6) is 0.901. The number of anilines is 2. The first kappa shape index (κ1) is 15.5. The van der Waals surface area contributed by atoms with Crippen LogP contribution in [0.15, 0.2) is 47.4 Å². The van der Waals surface area contributed by atoms with Crippen molar-refractivity contribution in [3.05, 3.63) is 58.5 Å². The molecule has 3 heterocycles. The summed E-state index contributed by atoms with van der Waals surface area (Å²) in [5.41, 5.74) is 1.89. The van der Waals surface area contributed by atoms with E-state index in [0.717, 1.165) is 22.3 Å². The van der Waals surface area contributed by atoms with E-state index >= 15 is 0 Å². The van der Waals surface area contributed by atoms with Crippen LogP contribution in [0.5, 0.6) is 0 Å². The Kier molecular flexibility index (Phi) is 3.81. The van der Waals surface area contributed by atoms with Crippen molar-refractivity contribution in [2.24, 2.45) is 0 Å². The van der Waals surface area contributed by atoms with Crippen molar-refractivity contribution in [3.8, 4) is 0 Å². The molecule has 8 heteroatoms. The van der Waals surface area contributed by atoms with Gasteiger partial charge in [-0.3, -0.25) is 4.79 Å². The van der Waals surface area contributed by atoms with Crippen molar-refractivity contribution in [2.75, 3.05) is 24.3 Å². The minimum atomic E-state index is -0.182. The standard InChI is InChI=1S/C17H16N6OS/c1-22(2)14-9-11(12-5-3-4-6-13(12)20-14)10-19-16-21-23-15(24)7-8-18-17(23)25-16/h3-9H,10H2,1-2H3,(H,19,21). The number of pyridine rings is 1. The lowest BCUT2D eigenvalue weighted by molar-refractivity contribution is 0.895. The van der Waals surface area contributed by atoms with E-state index in [2.05, 4.69) is 32.5 Å². The minimum Gasteiger partial charge on any atom is -0.363 e. The third-order valence-electron chi connectivity index (χ3n) is 3.85. The third kappa shape index (κ3) is 2.91. The van der Waals surface area contributed by atoms with E-state index in [1.54, 1.807) is 0 Å². The number of nitrogens with one attached hydrogen (secondary N) is 1. The van der Waals surface area contributed by atoms with Crippen LogP contribution in [-0.2, 0) is 6.54 Å². The molecule has 126 valence electrons. The normalized spacial score (nSPS) is 11.1. The van der Waals surface area contributed by atoms with Crippen molar-refractivity contribution in [2.45, 2.75) is 6.54 Å². The predicted octanol–water partition coefficient (Wildman–Crippen LogP) is 2.38. The van der Waals surface area contributed by atoms with Gasteiger partial charge in [0.1, 0.15) is 5.82 Å². The molecule has 0 bridgehead atoms. The molecular weight excluding hydrogens is 336 g/mol. The summed E-state index contributed by atoms with van der Waals surface area (Å²) in [6.07, 6.45) is 1.50. The highest BCUT2D eigenvalue weighted by Crippen LogP contribution is 2.24. The van der Waals surface area contributed by atoms with Crippen LogP contribution in [0.3, 0.4) is 0 Å². The van der Waals surface area contributed by atoms with Gasteiger partial charge in [0.2, 0.25) is 10.1 Å². The molecule has 0 aliphatic carbocycles. The highest BCUT2D eigenvalue weighted by atomic mass is 32.1. The van der Waals surface area contributed by atoms with Gasteiger partial charge in [-0.05, 0) is 17.7 Å². The average molecular weight is 352 g/mol. The molecule has 0 amide bonds. The maximum Gasteiger partial charge on any atom is 0.275 e. The molecule has 0 radical (unpaired) electrons. The zero-order chi connectivity index (χ0) is 17.4. The molecule has 0 spiro atoms. The lowest BCUT2D eigenvalue weighted by Crippen LogP contribution is -2.13. The van der Waals surface area contributed by atoms with Gasteiger partial charge in [0.15, 0.2) is 0 Å². The predicted molar refractivity (Wildman–Crippen MR) is 101 cm³/mol. The molecule has 0 saturated heterocycles. The van der Waals surface area contributed by atoms with E-state index in [1.807, 2.05) is 37.2 Å². The number of fused-ring (bicyclic) bond motifs is 2. The molecule has 1 aromatic carbocycles. The van der Waals surface area contributed by atoms with Gasteiger partial charge in [0.05, 0.1) is 5.52 Å². The van der Waals surface area contributed by atoms with Crippen LogP contribution in [0.2, 0.25) is 0 Å². The van der Waals surface area contributed by atoms with Crippen LogP contribution in [0.1, 0.15) is 5.56 Å². The molecule has 0 unspecified atom stereocenters. The number of hydrogen-bond donors (Lipinski definition) is 1. The van der Waals surface area contributed by atoms with Crippen molar-refractivity contribution >= 4 is 38.2 Å². The van der Waals surface area contributed by atoms with Gasteiger partial charge >= 0.3 is 0 Å². The summed E-state index contributed by atoms with van der Waals surface area (Å²) in [6.45, 7) is 0.582. The summed E-state index contributed by atoms with van der Waals surface area (Å²) in [6, 6.07) is 11.5. The number of nitrogens with zero attached hydrogens (tertiary/aromatic N) is 5. The minimum absolute atomic E-state index is 0.182. The van der Waals surface area contributed by atoms with E-state index in [9.17, 15) is 4.79 Å². The molecule has 1 N–H and O–H groups in total. The highest BCUT2D eigenvalue weighted by molar-refractivity contribution is 7.20. The van der Waals surface area contributed by atoms with Gasteiger partial charge in [-0.25, -0.2) is 9.97 Å². The van der Waals surface area contributed by atoms with Gasteiger partial charge in [-0.1, -0.05) is 29.5 Å². The Bertz CT molecular complexity index is 1120. The van der Waals surface area contributed by atoms with Crippen LogP contribution in [-0.4, -0.2) is 33.7 Å². The smallest absolute Gasteiger partial charge is 0.275 e. The second-order valence-corrected chi connectivity index (χ2v) is 6.75. The lowest BCUT2D eigenvalue weighted by Gasteiger charge is -2.15. The fraction of sp³-hybridized carbons (Fsp3) is 0.176. The van der Waals surface area contributed by atoms with Gasteiger partial charge in [0, 0.05) is 38.3 Å². The monoisotopic (exact) mass is 352 g/mol. The SMILES string of the molecule is CN(C)c1cc(CNc2nn3c(=O)ccnc3s2)c2ccccc2n1. The average Bonchev–Trinajstić information content (AvgIpc) is 3.04. The summed E-state index contributed by atoms with van der Waals surface area (Å²) >= 11 is 1.35. The van der Waals surface area contributed by atoms with E-state index in [-0.39, 0.29) is 5.56 Å². The van der Waals surface area contributed by atoms with E-state index in [1.165, 1.54) is 28.1 Å². The first-order valence-electron chi connectivity index (χ1n) is 7.76. The number of para-hydroxylation sites is 1. The Morgan fingerprint density at radius 1 is 1.24 bits per heavy atom. The fourth-order valence-corrected chi connectivity index (χ4v) is 3.36. The Balaban J connectivity index is 1.69. The van der Waals surface area contributed by atoms with Crippen molar-refractivity contribution in [1.29, 1.82) is 0 Å². The molecule has 0 fully saturated rings. The molecular formula is C17H16N6OS. The quantitative estimate of drug-likeness (QED) is 0.608. The van der Waals surface area contributed by atoms with Crippen LogP contribution < -0.4 is 15.8 Å². The van der Waals surface area contributed by atoms with Crippen LogP contribution in [0, 0.1) is 0 Å². The van der Waals surface area contributed by atoms with Crippen molar-refractivity contribution < 1.29 is 0 Å². The molecule has 0 aliphatic rings. The maximum atomic E-state index is 11.8. The van der Waals surface area contributed by atoms with Gasteiger partial charge in [-0.15, -0.1) is 5.10 Å². The number of benzene rings is 1. The lowest BCUT2D eigenvalue weighted by atomic mass is 10.1. The van der Waals surface area contributed by atoms with Gasteiger partial charge < -0.3 is 10.2 Å². The molecule has 3 aromatic heterocycles. The summed E-state index contributed by atoms with van der Waals surface area (Å²) < 4.78 is 1.31. The molecule has 4 aromatic rings. The third-order valence-corrected chi connectivity index (χ3v) is 4.73. The maximum absolute atomic E-state index is 11.8. The first-order valence-corrected chi connectivity index (χ1v) is 8.58. The zero-order valence-electron chi connectivity index (χ0n) is 13.8. The van der Waals surface area contributed by atoms with Crippen LogP contribution >= 0.6 is 11.3 Å². The Hall–Kier alpha value is -3.00. The first-order chi connectivity index (χ1) is 12.1. The zero-order valence-corrected chi connectivity index (χ0v) is 14.6. The van der Waals surface area contributed by atoms with E-state index in [0.29, 0.717) is 16.6 Å². The number of rotatable bonds is 4. The molecule has 7 nitrogen and oxygen atoms in total. The van der Waals surface area contributed by atoms with Crippen molar-refractivity contribution in [3.63, 3.8) is 0 Å². The Morgan fingerprint density at radius 2 is 2.08 bits per heavy atom. The molecule has 25 heavy (non-hydrogen) atoms. The summed E-state index contributed by atoms with van der Waals surface area (Å²) in [4.78, 5) is 23.2. The Labute approximate surface area is 147 Å². The van der Waals surface area contributed by atoms with Crippen molar-refractivity contribution in [1.82, 2.24) is 19.6 Å². The molecule has 4 rings (SSSR count). The number of aromatic nitrogens is 4. The molecule has 0 saturated carbocycles. The number of hydrogen-bond acceptors (Lipinski definition) is 7. The molecule has 0 atom stereocenters. The van der Waals surface area contributed by atoms with Gasteiger partial charge in [-0.2, -0.15) is 4.52 Å². The van der Waals surface area contributed by atoms with Crippen LogP contribution in [0.4, 0.5) is 10.9 Å². The second-order valence-electron chi connectivity index (χ2n) is 5.79. The highest BCUT2D eigenvalue weighted by Gasteiger charge is 2.09. The molecule has 0 aliphatic heterocycles. The van der Waals surface area contributed by atoms with E-state index in [4.69, 9.17) is 0 Å². The topological polar surface area (TPSA) is 75.4 Å². The fourth-order valence-electron chi connectivity index (χ4n) is 2.59. The summed E-state index contributed by atoms with van der Waals surface area (Å²) in [7, 11) is 3.94.